The van der Waals surface area contributed by atoms with Gasteiger partial charge < -0.3 is 20.5 Å². The van der Waals surface area contributed by atoms with E-state index in [1.165, 1.54) is 12.1 Å². The Morgan fingerprint density at radius 2 is 2.00 bits per heavy atom. The van der Waals surface area contributed by atoms with Gasteiger partial charge in [0.15, 0.2) is 11.5 Å². The van der Waals surface area contributed by atoms with Gasteiger partial charge in [0.25, 0.3) is 5.91 Å². The van der Waals surface area contributed by atoms with E-state index in [-0.39, 0.29) is 12.4 Å². The Morgan fingerprint density at radius 1 is 1.24 bits per heavy atom. The van der Waals surface area contributed by atoms with E-state index in [9.17, 15) is 9.18 Å². The molecule has 0 unspecified atom stereocenters. The second-order valence-electron chi connectivity index (χ2n) is 4.72. The monoisotopic (exact) mass is 288 g/mol. The molecule has 1 heterocycles. The minimum Gasteiger partial charge on any atom is -0.454 e. The maximum atomic E-state index is 14.0. The molecular weight excluding hydrogens is 275 g/mol. The third-order valence-corrected chi connectivity index (χ3v) is 3.15. The molecule has 3 N–H and O–H groups in total. The summed E-state index contributed by atoms with van der Waals surface area (Å²) in [5.41, 5.74) is 6.71. The maximum Gasteiger partial charge on any atom is 0.258 e. The lowest BCUT2D eigenvalue weighted by Gasteiger charge is -2.09. The van der Waals surface area contributed by atoms with Gasteiger partial charge >= 0.3 is 0 Å². The van der Waals surface area contributed by atoms with Crippen molar-refractivity contribution in [3.8, 4) is 11.5 Å². The Morgan fingerprint density at radius 3 is 2.81 bits per heavy atom. The highest BCUT2D eigenvalue weighted by atomic mass is 19.1. The summed E-state index contributed by atoms with van der Waals surface area (Å²) in [7, 11) is 0. The van der Waals surface area contributed by atoms with Gasteiger partial charge in [0.2, 0.25) is 6.79 Å². The highest BCUT2D eigenvalue weighted by Crippen LogP contribution is 2.34. The number of nitrogens with two attached hydrogens (primary N) is 1. The first-order chi connectivity index (χ1) is 10.0. The molecule has 1 aliphatic rings. The average Bonchev–Trinajstić information content (AvgIpc) is 2.90. The Hall–Kier alpha value is -2.76. The highest BCUT2D eigenvalue weighted by Gasteiger charge is 2.17. The van der Waals surface area contributed by atoms with Crippen LogP contribution in [0.25, 0.3) is 0 Å². The lowest BCUT2D eigenvalue weighted by atomic mass is 10.1. The Kier molecular flexibility index (Phi) is 3.13. The average molecular weight is 288 g/mol. The van der Waals surface area contributed by atoms with Crippen molar-refractivity contribution in [1.29, 1.82) is 0 Å². The lowest BCUT2D eigenvalue weighted by molar-refractivity contribution is 0.102. The molecule has 0 atom stereocenters. The minimum absolute atomic E-state index is 0.0924. The smallest absolute Gasteiger partial charge is 0.258 e. The van der Waals surface area contributed by atoms with Gasteiger partial charge in [-0.3, -0.25) is 4.79 Å². The summed E-state index contributed by atoms with van der Waals surface area (Å²) in [5.74, 6) is 0.000200. The number of ether oxygens (including phenoxy) is 2. The number of fused-ring (bicyclic) bond motifs is 1. The largest absolute Gasteiger partial charge is 0.454 e. The molecule has 5 nitrogen and oxygen atoms in total. The summed E-state index contributed by atoms with van der Waals surface area (Å²) < 4.78 is 24.4. The number of rotatable bonds is 2. The molecule has 1 aliphatic heterocycles. The van der Waals surface area contributed by atoms with E-state index in [4.69, 9.17) is 15.2 Å². The van der Waals surface area contributed by atoms with Crippen molar-refractivity contribution in [2.75, 3.05) is 17.8 Å². The quantitative estimate of drug-likeness (QED) is 0.833. The number of amides is 1. The van der Waals surface area contributed by atoms with Crippen molar-refractivity contribution < 1.29 is 18.7 Å². The van der Waals surface area contributed by atoms with Crippen LogP contribution in [0.5, 0.6) is 11.5 Å². The van der Waals surface area contributed by atoms with Crippen molar-refractivity contribution >= 4 is 17.3 Å². The Balaban J connectivity index is 1.87. The predicted octanol–water partition coefficient (Wildman–Crippen LogP) is 2.70. The predicted molar refractivity (Wildman–Crippen MR) is 76.1 cm³/mol. The van der Waals surface area contributed by atoms with Gasteiger partial charge in [-0.1, -0.05) is 0 Å². The zero-order valence-corrected chi connectivity index (χ0v) is 11.3. The van der Waals surface area contributed by atoms with Gasteiger partial charge in [-0.15, -0.1) is 0 Å². The standard InChI is InChI=1S/C15H13FN2O3/c1-8-4-9(17)5-11(14(8)16)15(19)18-10-2-3-12-13(6-10)21-7-20-12/h2-6H,7,17H2,1H3,(H,18,19). The van der Waals surface area contributed by atoms with Crippen molar-refractivity contribution in [3.63, 3.8) is 0 Å². The van der Waals surface area contributed by atoms with Gasteiger partial charge in [0.05, 0.1) is 5.56 Å². The van der Waals surface area contributed by atoms with E-state index in [1.54, 1.807) is 25.1 Å². The molecular formula is C15H13FN2O3. The molecule has 2 aromatic carbocycles. The van der Waals surface area contributed by atoms with Crippen molar-refractivity contribution in [3.05, 3.63) is 47.3 Å². The molecule has 2 aromatic rings. The molecule has 0 aromatic heterocycles. The molecule has 1 amide bonds. The molecule has 0 fully saturated rings. The molecule has 0 saturated carbocycles. The first-order valence-electron chi connectivity index (χ1n) is 6.31. The van der Waals surface area contributed by atoms with Crippen LogP contribution in [-0.2, 0) is 0 Å². The number of aryl methyl sites for hydroxylation is 1. The highest BCUT2D eigenvalue weighted by molar-refractivity contribution is 6.05. The Labute approximate surface area is 120 Å². The summed E-state index contributed by atoms with van der Waals surface area (Å²) in [6.07, 6.45) is 0. The maximum absolute atomic E-state index is 14.0. The van der Waals surface area contributed by atoms with Crippen LogP contribution < -0.4 is 20.5 Å². The second kappa shape index (κ2) is 4.97. The van der Waals surface area contributed by atoms with Gasteiger partial charge in [-0.25, -0.2) is 4.39 Å². The van der Waals surface area contributed by atoms with Crippen LogP contribution in [0, 0.1) is 12.7 Å². The third-order valence-electron chi connectivity index (χ3n) is 3.15. The van der Waals surface area contributed by atoms with Gasteiger partial charge in [-0.2, -0.15) is 0 Å². The van der Waals surface area contributed by atoms with E-state index in [0.29, 0.717) is 28.4 Å². The molecule has 0 aliphatic carbocycles. The summed E-state index contributed by atoms with van der Waals surface area (Å²) in [6.45, 7) is 1.71. The number of carbonyl (C=O) groups excluding carboxylic acids is 1. The minimum atomic E-state index is -0.581. The summed E-state index contributed by atoms with van der Waals surface area (Å²) in [6, 6.07) is 7.75. The number of halogens is 1. The summed E-state index contributed by atoms with van der Waals surface area (Å²) >= 11 is 0. The lowest BCUT2D eigenvalue weighted by Crippen LogP contribution is -2.15. The fourth-order valence-corrected chi connectivity index (χ4v) is 2.14. The molecule has 0 radical (unpaired) electrons. The zero-order valence-electron chi connectivity index (χ0n) is 11.3. The fraction of sp³-hybridized carbons (Fsp3) is 0.133. The van der Waals surface area contributed by atoms with Crippen molar-refractivity contribution in [2.45, 2.75) is 6.92 Å². The SMILES string of the molecule is Cc1cc(N)cc(C(=O)Nc2ccc3c(c2)OCO3)c1F. The van der Waals surface area contributed by atoms with E-state index in [1.807, 2.05) is 0 Å². The van der Waals surface area contributed by atoms with Crippen LogP contribution in [-0.4, -0.2) is 12.7 Å². The fourth-order valence-electron chi connectivity index (χ4n) is 2.14. The van der Waals surface area contributed by atoms with Gasteiger partial charge in [0.1, 0.15) is 5.82 Å². The number of hydrogen-bond donors (Lipinski definition) is 2. The van der Waals surface area contributed by atoms with Crippen LogP contribution in [0.3, 0.4) is 0 Å². The zero-order chi connectivity index (χ0) is 15.0. The van der Waals surface area contributed by atoms with E-state index in [0.717, 1.165) is 0 Å². The summed E-state index contributed by atoms with van der Waals surface area (Å²) in [4.78, 5) is 12.2. The van der Waals surface area contributed by atoms with Crippen LogP contribution >= 0.6 is 0 Å². The van der Waals surface area contributed by atoms with Gasteiger partial charge in [-0.05, 0) is 36.8 Å². The van der Waals surface area contributed by atoms with E-state index in [2.05, 4.69) is 5.32 Å². The molecule has 0 spiro atoms. The number of nitrogen functional groups attached to an aromatic ring is 1. The van der Waals surface area contributed by atoms with Crippen molar-refractivity contribution in [1.82, 2.24) is 0 Å². The first kappa shape index (κ1) is 13.2. The number of nitrogens with one attached hydrogen (secondary N) is 1. The summed E-state index contributed by atoms with van der Waals surface area (Å²) in [5, 5.41) is 2.61. The van der Waals surface area contributed by atoms with Crippen LogP contribution in [0.2, 0.25) is 0 Å². The Bertz CT molecular complexity index is 731. The molecule has 6 heteroatoms. The topological polar surface area (TPSA) is 73.6 Å². The van der Waals surface area contributed by atoms with Crippen LogP contribution in [0.1, 0.15) is 15.9 Å². The van der Waals surface area contributed by atoms with Gasteiger partial charge in [0, 0.05) is 17.4 Å². The third kappa shape index (κ3) is 2.47. The normalized spacial score (nSPS) is 12.3. The van der Waals surface area contributed by atoms with Crippen LogP contribution in [0.15, 0.2) is 30.3 Å². The van der Waals surface area contributed by atoms with E-state index >= 15 is 0 Å². The van der Waals surface area contributed by atoms with Crippen LogP contribution in [0.4, 0.5) is 15.8 Å². The second-order valence-corrected chi connectivity index (χ2v) is 4.72. The molecule has 21 heavy (non-hydrogen) atoms. The van der Waals surface area contributed by atoms with Crippen molar-refractivity contribution in [2.24, 2.45) is 0 Å². The number of anilines is 2. The number of hydrogen-bond acceptors (Lipinski definition) is 4. The van der Waals surface area contributed by atoms with E-state index < -0.39 is 11.7 Å². The molecule has 0 bridgehead atoms. The molecule has 108 valence electrons. The first-order valence-corrected chi connectivity index (χ1v) is 6.31. The molecule has 0 saturated heterocycles. The number of benzene rings is 2. The number of carbonyl (C=O) groups is 1. The molecule has 3 rings (SSSR count).